The first kappa shape index (κ1) is 15.1. The number of rotatable bonds is 6. The zero-order valence-corrected chi connectivity index (χ0v) is 12.3. The fraction of sp³-hybridized carbons (Fsp3) is 0.562. The second-order valence-electron chi connectivity index (χ2n) is 5.78. The van der Waals surface area contributed by atoms with Crippen molar-refractivity contribution in [1.82, 2.24) is 9.80 Å². The number of likely N-dealkylation sites (N-methyl/N-ethyl adjacent to an activating group) is 2. The van der Waals surface area contributed by atoms with Crippen LogP contribution in [-0.4, -0.2) is 55.4 Å². The van der Waals surface area contributed by atoms with E-state index < -0.39 is 0 Å². The predicted molar refractivity (Wildman–Crippen MR) is 78.3 cm³/mol. The SMILES string of the molecule is CN(CC(=O)Cc1ccccc1F)CC1CCCN1C. The van der Waals surface area contributed by atoms with Gasteiger partial charge in [-0.05, 0) is 45.1 Å². The van der Waals surface area contributed by atoms with Gasteiger partial charge in [-0.25, -0.2) is 4.39 Å². The highest BCUT2D eigenvalue weighted by molar-refractivity contribution is 5.82. The Morgan fingerprint density at radius 1 is 1.45 bits per heavy atom. The molecule has 110 valence electrons. The average Bonchev–Trinajstić information content (AvgIpc) is 2.77. The Balaban J connectivity index is 1.80. The Bertz CT molecular complexity index is 464. The predicted octanol–water partition coefficient (Wildman–Crippen LogP) is 1.96. The molecule has 0 bridgehead atoms. The third kappa shape index (κ3) is 4.12. The van der Waals surface area contributed by atoms with Gasteiger partial charge in [0, 0.05) is 19.0 Å². The Hall–Kier alpha value is -1.26. The van der Waals surface area contributed by atoms with Gasteiger partial charge in [-0.3, -0.25) is 9.69 Å². The van der Waals surface area contributed by atoms with Crippen molar-refractivity contribution in [3.8, 4) is 0 Å². The molecule has 0 N–H and O–H groups in total. The van der Waals surface area contributed by atoms with E-state index in [4.69, 9.17) is 0 Å². The monoisotopic (exact) mass is 278 g/mol. The summed E-state index contributed by atoms with van der Waals surface area (Å²) in [5, 5.41) is 0. The number of carbonyl (C=O) groups excluding carboxylic acids is 1. The lowest BCUT2D eigenvalue weighted by Gasteiger charge is -2.25. The molecular formula is C16H23FN2O. The Morgan fingerprint density at radius 2 is 2.20 bits per heavy atom. The average molecular weight is 278 g/mol. The van der Waals surface area contributed by atoms with Gasteiger partial charge in [0.15, 0.2) is 5.78 Å². The summed E-state index contributed by atoms with van der Waals surface area (Å²) in [5.74, 6) is -0.225. The summed E-state index contributed by atoms with van der Waals surface area (Å²) in [6.45, 7) is 2.43. The molecule has 0 amide bonds. The van der Waals surface area contributed by atoms with Crippen LogP contribution >= 0.6 is 0 Å². The van der Waals surface area contributed by atoms with E-state index in [0.717, 1.165) is 13.1 Å². The van der Waals surface area contributed by atoms with Crippen molar-refractivity contribution in [3.63, 3.8) is 0 Å². The van der Waals surface area contributed by atoms with E-state index in [9.17, 15) is 9.18 Å². The minimum Gasteiger partial charge on any atom is -0.302 e. The number of Topliss-reactive ketones (excluding diaryl/α,β-unsaturated/α-hetero) is 1. The minimum atomic E-state index is -0.293. The highest BCUT2D eigenvalue weighted by atomic mass is 19.1. The Labute approximate surface area is 120 Å². The lowest BCUT2D eigenvalue weighted by atomic mass is 10.1. The summed E-state index contributed by atoms with van der Waals surface area (Å²) in [6.07, 6.45) is 2.61. The van der Waals surface area contributed by atoms with Crippen LogP contribution in [0.5, 0.6) is 0 Å². The van der Waals surface area contributed by atoms with Crippen LogP contribution in [0, 0.1) is 5.82 Å². The number of halogens is 1. The number of carbonyl (C=O) groups is 1. The van der Waals surface area contributed by atoms with Gasteiger partial charge in [0.2, 0.25) is 0 Å². The molecular weight excluding hydrogens is 255 g/mol. The van der Waals surface area contributed by atoms with E-state index >= 15 is 0 Å². The molecule has 20 heavy (non-hydrogen) atoms. The molecule has 0 aromatic heterocycles. The maximum Gasteiger partial charge on any atom is 0.151 e. The number of nitrogens with zero attached hydrogens (tertiary/aromatic N) is 2. The summed E-state index contributed by atoms with van der Waals surface area (Å²) in [7, 11) is 4.10. The molecule has 1 atom stereocenters. The van der Waals surface area contributed by atoms with Crippen LogP contribution < -0.4 is 0 Å². The molecule has 1 aliphatic rings. The zero-order valence-electron chi connectivity index (χ0n) is 12.3. The van der Waals surface area contributed by atoms with Gasteiger partial charge in [-0.2, -0.15) is 0 Å². The lowest BCUT2D eigenvalue weighted by Crippen LogP contribution is -2.39. The fourth-order valence-corrected chi connectivity index (χ4v) is 2.85. The van der Waals surface area contributed by atoms with Gasteiger partial charge in [0.05, 0.1) is 6.54 Å². The summed E-state index contributed by atoms with van der Waals surface area (Å²) >= 11 is 0. The van der Waals surface area contributed by atoms with Crippen LogP contribution in [-0.2, 0) is 11.2 Å². The topological polar surface area (TPSA) is 23.6 Å². The van der Waals surface area contributed by atoms with Gasteiger partial charge in [0.1, 0.15) is 5.82 Å². The molecule has 1 aromatic rings. The molecule has 4 heteroatoms. The van der Waals surface area contributed by atoms with Crippen molar-refractivity contribution in [3.05, 3.63) is 35.6 Å². The normalized spacial score (nSPS) is 19.7. The second-order valence-corrected chi connectivity index (χ2v) is 5.78. The third-order valence-corrected chi connectivity index (χ3v) is 3.99. The minimum absolute atomic E-state index is 0.0678. The lowest BCUT2D eigenvalue weighted by molar-refractivity contribution is -0.119. The van der Waals surface area contributed by atoms with Crippen molar-refractivity contribution in [2.24, 2.45) is 0 Å². The van der Waals surface area contributed by atoms with Gasteiger partial charge >= 0.3 is 0 Å². The molecule has 0 aliphatic carbocycles. The van der Waals surface area contributed by atoms with E-state index in [1.807, 2.05) is 7.05 Å². The van der Waals surface area contributed by atoms with Crippen LogP contribution in [0.25, 0.3) is 0 Å². The van der Waals surface area contributed by atoms with Gasteiger partial charge < -0.3 is 4.90 Å². The van der Waals surface area contributed by atoms with Crippen molar-refractivity contribution in [1.29, 1.82) is 0 Å². The first-order chi connectivity index (χ1) is 9.56. The summed E-state index contributed by atoms with van der Waals surface area (Å²) in [6, 6.07) is 7.03. The largest absolute Gasteiger partial charge is 0.302 e. The van der Waals surface area contributed by atoms with Crippen LogP contribution in [0.3, 0.4) is 0 Å². The maximum absolute atomic E-state index is 13.5. The van der Waals surface area contributed by atoms with Crippen LogP contribution in [0.15, 0.2) is 24.3 Å². The molecule has 0 spiro atoms. The zero-order chi connectivity index (χ0) is 14.5. The highest BCUT2D eigenvalue weighted by Gasteiger charge is 2.22. The van der Waals surface area contributed by atoms with Crippen molar-refractivity contribution in [2.75, 3.05) is 33.7 Å². The number of ketones is 1. The van der Waals surface area contributed by atoms with Crippen LogP contribution in [0.2, 0.25) is 0 Å². The number of benzene rings is 1. The molecule has 0 radical (unpaired) electrons. The number of hydrogen-bond acceptors (Lipinski definition) is 3. The van der Waals surface area contributed by atoms with Crippen LogP contribution in [0.1, 0.15) is 18.4 Å². The van der Waals surface area contributed by atoms with E-state index in [2.05, 4.69) is 16.8 Å². The quantitative estimate of drug-likeness (QED) is 0.795. The molecule has 1 saturated heterocycles. The van der Waals surface area contributed by atoms with Gasteiger partial charge in [0.25, 0.3) is 0 Å². The summed E-state index contributed by atoms with van der Waals surface area (Å²) in [5.41, 5.74) is 0.490. The highest BCUT2D eigenvalue weighted by Crippen LogP contribution is 2.15. The Kier molecular flexibility index (Phi) is 5.26. The van der Waals surface area contributed by atoms with Crippen molar-refractivity contribution >= 4 is 5.78 Å². The standard InChI is InChI=1S/C16H23FN2O/c1-18(11-14-7-5-9-19(14)2)12-15(20)10-13-6-3-4-8-16(13)17/h3-4,6,8,14H,5,7,9-12H2,1-2H3. The summed E-state index contributed by atoms with van der Waals surface area (Å²) in [4.78, 5) is 16.4. The fourth-order valence-electron chi connectivity index (χ4n) is 2.85. The van der Waals surface area contributed by atoms with Gasteiger partial charge in [-0.15, -0.1) is 0 Å². The molecule has 1 aliphatic heterocycles. The Morgan fingerprint density at radius 3 is 2.85 bits per heavy atom. The molecule has 1 aromatic carbocycles. The molecule has 1 heterocycles. The molecule has 2 rings (SSSR count). The van der Waals surface area contributed by atoms with E-state index in [1.165, 1.54) is 18.9 Å². The van der Waals surface area contributed by atoms with Crippen molar-refractivity contribution < 1.29 is 9.18 Å². The van der Waals surface area contributed by atoms with E-state index in [-0.39, 0.29) is 18.0 Å². The number of hydrogen-bond donors (Lipinski definition) is 0. The molecule has 1 unspecified atom stereocenters. The maximum atomic E-state index is 13.5. The third-order valence-electron chi connectivity index (χ3n) is 3.99. The van der Waals surface area contributed by atoms with E-state index in [1.54, 1.807) is 18.2 Å². The molecule has 1 fully saturated rings. The van der Waals surface area contributed by atoms with Crippen LogP contribution in [0.4, 0.5) is 4.39 Å². The smallest absolute Gasteiger partial charge is 0.151 e. The van der Waals surface area contributed by atoms with E-state index in [0.29, 0.717) is 18.2 Å². The second kappa shape index (κ2) is 6.95. The molecule has 0 saturated carbocycles. The first-order valence-electron chi connectivity index (χ1n) is 7.20. The summed E-state index contributed by atoms with van der Waals surface area (Å²) < 4.78 is 13.5. The number of likely N-dealkylation sites (tertiary alicyclic amines) is 1. The van der Waals surface area contributed by atoms with Gasteiger partial charge in [-0.1, -0.05) is 18.2 Å². The van der Waals surface area contributed by atoms with Crippen molar-refractivity contribution in [2.45, 2.75) is 25.3 Å². The molecule has 3 nitrogen and oxygen atoms in total. The first-order valence-corrected chi connectivity index (χ1v) is 7.20.